The fourth-order valence-electron chi connectivity index (χ4n) is 2.02. The van der Waals surface area contributed by atoms with Crippen molar-refractivity contribution in [3.05, 3.63) is 29.0 Å². The molecule has 1 fully saturated rings. The minimum absolute atomic E-state index is 0.333. The van der Waals surface area contributed by atoms with E-state index < -0.39 is 0 Å². The van der Waals surface area contributed by atoms with Crippen LogP contribution < -0.4 is 5.73 Å². The van der Waals surface area contributed by atoms with Crippen molar-refractivity contribution >= 4 is 23.1 Å². The highest BCUT2D eigenvalue weighted by atomic mass is 35.5. The Morgan fingerprint density at radius 3 is 2.75 bits per heavy atom. The van der Waals surface area contributed by atoms with E-state index in [2.05, 4.69) is 4.99 Å². The van der Waals surface area contributed by atoms with Gasteiger partial charge in [-0.3, -0.25) is 0 Å². The van der Waals surface area contributed by atoms with Gasteiger partial charge in [0, 0.05) is 12.0 Å². The fraction of sp³-hybridized carbons (Fsp3) is 0.417. The zero-order valence-electron chi connectivity index (χ0n) is 8.92. The summed E-state index contributed by atoms with van der Waals surface area (Å²) in [7, 11) is 0. The van der Waals surface area contributed by atoms with E-state index in [0.717, 1.165) is 12.8 Å². The predicted molar refractivity (Wildman–Crippen MR) is 64.7 cm³/mol. The minimum atomic E-state index is -0.345. The molecule has 0 saturated heterocycles. The molecule has 16 heavy (non-hydrogen) atoms. The summed E-state index contributed by atoms with van der Waals surface area (Å²) in [6, 6.07) is 4.12. The molecule has 0 amide bonds. The molecular formula is C12H14ClFN2. The Hall–Kier alpha value is -1.09. The van der Waals surface area contributed by atoms with Gasteiger partial charge in [0.1, 0.15) is 11.7 Å². The second-order valence-electron chi connectivity index (χ2n) is 4.11. The number of amidine groups is 1. The van der Waals surface area contributed by atoms with Gasteiger partial charge in [-0.2, -0.15) is 0 Å². The quantitative estimate of drug-likeness (QED) is 0.622. The summed E-state index contributed by atoms with van der Waals surface area (Å²) in [6.45, 7) is 0. The van der Waals surface area contributed by atoms with Gasteiger partial charge in [0.25, 0.3) is 0 Å². The van der Waals surface area contributed by atoms with Crippen LogP contribution in [0.2, 0.25) is 5.02 Å². The molecule has 1 aliphatic carbocycles. The zero-order valence-corrected chi connectivity index (χ0v) is 9.67. The molecule has 1 aromatic carbocycles. The molecule has 0 spiro atoms. The van der Waals surface area contributed by atoms with Crippen LogP contribution in [0, 0.1) is 11.7 Å². The Bertz CT molecular complexity index is 411. The second kappa shape index (κ2) is 4.83. The van der Waals surface area contributed by atoms with Crippen molar-refractivity contribution in [3.63, 3.8) is 0 Å². The maximum atomic E-state index is 13.0. The van der Waals surface area contributed by atoms with E-state index in [4.69, 9.17) is 17.3 Å². The highest BCUT2D eigenvalue weighted by molar-refractivity contribution is 6.33. The van der Waals surface area contributed by atoms with Gasteiger partial charge >= 0.3 is 0 Å². The van der Waals surface area contributed by atoms with Crippen molar-refractivity contribution < 1.29 is 4.39 Å². The van der Waals surface area contributed by atoms with Crippen molar-refractivity contribution in [2.24, 2.45) is 16.6 Å². The number of hydrogen-bond donors (Lipinski definition) is 1. The molecule has 1 saturated carbocycles. The minimum Gasteiger partial charge on any atom is -0.387 e. The topological polar surface area (TPSA) is 38.4 Å². The Balaban J connectivity index is 2.23. The summed E-state index contributed by atoms with van der Waals surface area (Å²) in [5.74, 6) is 0.562. The highest BCUT2D eigenvalue weighted by Crippen LogP contribution is 2.29. The smallest absolute Gasteiger partial charge is 0.125 e. The third-order valence-corrected chi connectivity index (χ3v) is 3.25. The molecule has 1 aliphatic rings. The number of aliphatic imine (C=N–C) groups is 1. The van der Waals surface area contributed by atoms with Crippen LogP contribution >= 0.6 is 11.6 Å². The van der Waals surface area contributed by atoms with Crippen LogP contribution in [0.5, 0.6) is 0 Å². The molecule has 1 aromatic rings. The summed E-state index contributed by atoms with van der Waals surface area (Å²) in [5, 5.41) is 0.433. The van der Waals surface area contributed by atoms with Gasteiger partial charge in [-0.05, 0) is 25.0 Å². The third kappa shape index (κ3) is 2.53. The number of nitrogens with zero attached hydrogens (tertiary/aromatic N) is 1. The highest BCUT2D eigenvalue weighted by Gasteiger charge is 2.18. The Morgan fingerprint density at radius 2 is 2.06 bits per heavy atom. The largest absolute Gasteiger partial charge is 0.387 e. The average Bonchev–Trinajstić information content (AvgIpc) is 2.76. The Kier molecular flexibility index (Phi) is 3.44. The van der Waals surface area contributed by atoms with Crippen LogP contribution in [0.4, 0.5) is 10.1 Å². The summed E-state index contributed by atoms with van der Waals surface area (Å²) in [5.41, 5.74) is 6.32. The van der Waals surface area contributed by atoms with Crippen LogP contribution in [-0.2, 0) is 0 Å². The maximum absolute atomic E-state index is 13.0. The molecule has 0 atom stereocenters. The van der Waals surface area contributed by atoms with Gasteiger partial charge in [0.15, 0.2) is 0 Å². The number of hydrogen-bond acceptors (Lipinski definition) is 1. The van der Waals surface area contributed by atoms with Crippen LogP contribution in [-0.4, -0.2) is 5.84 Å². The number of halogens is 2. The summed E-state index contributed by atoms with van der Waals surface area (Å²) in [6.07, 6.45) is 4.53. The monoisotopic (exact) mass is 240 g/mol. The molecule has 4 heteroatoms. The fourth-order valence-corrected chi connectivity index (χ4v) is 2.18. The van der Waals surface area contributed by atoms with Crippen LogP contribution in [0.25, 0.3) is 0 Å². The first-order valence-electron chi connectivity index (χ1n) is 5.46. The molecule has 2 N–H and O–H groups in total. The van der Waals surface area contributed by atoms with E-state index in [0.29, 0.717) is 22.5 Å². The molecular weight excluding hydrogens is 227 g/mol. The van der Waals surface area contributed by atoms with Crippen LogP contribution in [0.15, 0.2) is 23.2 Å². The van der Waals surface area contributed by atoms with Gasteiger partial charge in [-0.25, -0.2) is 9.38 Å². The Labute approximate surface area is 99.3 Å². The molecule has 0 aromatic heterocycles. The molecule has 0 radical (unpaired) electrons. The van der Waals surface area contributed by atoms with Gasteiger partial charge in [-0.15, -0.1) is 0 Å². The summed E-state index contributed by atoms with van der Waals surface area (Å²) >= 11 is 5.92. The van der Waals surface area contributed by atoms with Crippen molar-refractivity contribution in [3.8, 4) is 0 Å². The van der Waals surface area contributed by atoms with E-state index in [-0.39, 0.29) is 5.82 Å². The number of nitrogens with two attached hydrogens (primary N) is 1. The lowest BCUT2D eigenvalue weighted by Crippen LogP contribution is -2.20. The number of rotatable bonds is 2. The molecule has 0 unspecified atom stereocenters. The van der Waals surface area contributed by atoms with Crippen LogP contribution in [0.3, 0.4) is 0 Å². The predicted octanol–water partition coefficient (Wildman–Crippen LogP) is 3.66. The summed E-state index contributed by atoms with van der Waals surface area (Å²) in [4.78, 5) is 4.22. The van der Waals surface area contributed by atoms with Crippen molar-refractivity contribution in [1.82, 2.24) is 0 Å². The average molecular weight is 241 g/mol. The third-order valence-electron chi connectivity index (χ3n) is 2.93. The van der Waals surface area contributed by atoms with Crippen molar-refractivity contribution in [1.29, 1.82) is 0 Å². The second-order valence-corrected chi connectivity index (χ2v) is 4.52. The van der Waals surface area contributed by atoms with E-state index in [1.165, 1.54) is 31.0 Å². The zero-order chi connectivity index (χ0) is 11.5. The first-order valence-corrected chi connectivity index (χ1v) is 5.84. The first-order chi connectivity index (χ1) is 7.66. The SMILES string of the molecule is NC(=Nc1cc(F)ccc1Cl)C1CCCC1. The Morgan fingerprint density at radius 1 is 1.38 bits per heavy atom. The lowest BCUT2D eigenvalue weighted by molar-refractivity contribution is 0.628. The number of benzene rings is 1. The molecule has 0 bridgehead atoms. The molecule has 2 nitrogen and oxygen atoms in total. The van der Waals surface area contributed by atoms with Crippen molar-refractivity contribution in [2.75, 3.05) is 0 Å². The molecule has 86 valence electrons. The first kappa shape index (κ1) is 11.4. The lowest BCUT2D eigenvalue weighted by atomic mass is 10.1. The van der Waals surface area contributed by atoms with E-state index in [1.54, 1.807) is 0 Å². The normalized spacial score (nSPS) is 18.0. The molecule has 0 heterocycles. The molecule has 2 rings (SSSR count). The maximum Gasteiger partial charge on any atom is 0.125 e. The van der Waals surface area contributed by atoms with Gasteiger partial charge in [0.2, 0.25) is 0 Å². The molecule has 0 aliphatic heterocycles. The standard InChI is InChI=1S/C12H14ClFN2/c13-10-6-5-9(14)7-11(10)16-12(15)8-3-1-2-4-8/h5-8H,1-4H2,(H2,15,16). The lowest BCUT2D eigenvalue weighted by Gasteiger charge is -2.08. The van der Waals surface area contributed by atoms with Gasteiger partial charge < -0.3 is 5.73 Å². The van der Waals surface area contributed by atoms with Gasteiger partial charge in [-0.1, -0.05) is 24.4 Å². The van der Waals surface area contributed by atoms with E-state index in [9.17, 15) is 4.39 Å². The van der Waals surface area contributed by atoms with E-state index in [1.807, 2.05) is 0 Å². The summed E-state index contributed by atoms with van der Waals surface area (Å²) < 4.78 is 13.0. The van der Waals surface area contributed by atoms with Crippen LogP contribution in [0.1, 0.15) is 25.7 Å². The van der Waals surface area contributed by atoms with E-state index >= 15 is 0 Å². The van der Waals surface area contributed by atoms with Crippen molar-refractivity contribution in [2.45, 2.75) is 25.7 Å². The van der Waals surface area contributed by atoms with Gasteiger partial charge in [0.05, 0.1) is 10.7 Å².